The minimum absolute atomic E-state index is 0.0403. The van der Waals surface area contributed by atoms with Gasteiger partial charge in [-0.15, -0.1) is 0 Å². The Balaban J connectivity index is 2.71. The van der Waals surface area contributed by atoms with Crippen LogP contribution in [0.25, 0.3) is 0 Å². The summed E-state index contributed by atoms with van der Waals surface area (Å²) >= 11 is 0. The molecule has 1 aromatic carbocycles. The molecule has 24 heavy (non-hydrogen) atoms. The van der Waals surface area contributed by atoms with Crippen LogP contribution in [0.1, 0.15) is 36.8 Å². The Kier molecular flexibility index (Phi) is 4.49. The molecule has 1 heterocycles. The summed E-state index contributed by atoms with van der Waals surface area (Å²) in [6, 6.07) is 2.57. The molecule has 1 aromatic rings. The Morgan fingerprint density at radius 2 is 2.08 bits per heavy atom. The predicted molar refractivity (Wildman–Crippen MR) is 78.5 cm³/mol. The number of alkyl halides is 3. The zero-order chi connectivity index (χ0) is 18.3. The largest absolute Gasteiger partial charge is 0.469 e. The van der Waals surface area contributed by atoms with Crippen LogP contribution in [-0.2, 0) is 15.7 Å². The van der Waals surface area contributed by atoms with E-state index in [1.807, 2.05) is 0 Å². The third-order valence-electron chi connectivity index (χ3n) is 4.26. The zero-order valence-corrected chi connectivity index (χ0v) is 13.1. The van der Waals surface area contributed by atoms with E-state index in [9.17, 15) is 27.9 Å². The number of anilines is 1. The molecule has 132 valence electrons. The number of carboxylic acid groups (broad SMARTS) is 1. The van der Waals surface area contributed by atoms with Gasteiger partial charge in [0, 0.05) is 6.42 Å². The Bertz CT molecular complexity index is 677. The lowest BCUT2D eigenvalue weighted by Gasteiger charge is -2.45. The molecule has 0 saturated heterocycles. The lowest BCUT2D eigenvalue weighted by atomic mass is 9.80. The van der Waals surface area contributed by atoms with Gasteiger partial charge in [0.1, 0.15) is 5.66 Å². The Morgan fingerprint density at radius 3 is 2.54 bits per heavy atom. The van der Waals surface area contributed by atoms with Crippen LogP contribution >= 0.6 is 0 Å². The van der Waals surface area contributed by atoms with Crippen LogP contribution < -0.4 is 10.6 Å². The normalized spacial score (nSPS) is 23.6. The van der Waals surface area contributed by atoms with E-state index in [0.717, 1.165) is 30.2 Å². The molecule has 2 rings (SSSR count). The second kappa shape index (κ2) is 5.97. The highest BCUT2D eigenvalue weighted by Gasteiger charge is 2.47. The van der Waals surface area contributed by atoms with Crippen molar-refractivity contribution in [3.05, 3.63) is 29.3 Å². The van der Waals surface area contributed by atoms with Crippen molar-refractivity contribution in [2.45, 2.75) is 37.5 Å². The number of hydrogen-bond acceptors (Lipinski definition) is 4. The van der Waals surface area contributed by atoms with Gasteiger partial charge in [0.05, 0.1) is 24.3 Å². The van der Waals surface area contributed by atoms with Crippen LogP contribution in [0.3, 0.4) is 0 Å². The number of carbonyl (C=O) groups excluding carboxylic acids is 1. The highest BCUT2D eigenvalue weighted by molar-refractivity contribution is 5.93. The summed E-state index contributed by atoms with van der Waals surface area (Å²) < 4.78 is 43.6. The van der Waals surface area contributed by atoms with Crippen molar-refractivity contribution in [1.29, 1.82) is 0 Å². The monoisotopic (exact) mass is 346 g/mol. The number of amides is 1. The second-order valence-corrected chi connectivity index (χ2v) is 5.63. The van der Waals surface area contributed by atoms with E-state index in [1.54, 1.807) is 6.92 Å². The van der Waals surface area contributed by atoms with E-state index in [-0.39, 0.29) is 24.1 Å². The molecule has 0 unspecified atom stereocenters. The minimum atomic E-state index is -4.62. The number of rotatable bonds is 2. The quantitative estimate of drug-likeness (QED) is 0.803. The lowest BCUT2D eigenvalue weighted by molar-refractivity contribution is -0.143. The number of hydrogen-bond donors (Lipinski definition) is 2. The SMILES string of the molecule is CC[C@]1(N)C[C@H](C(=O)OC)c2cc(C(F)(F)F)ccc2N1C(=O)O. The molecule has 3 N–H and O–H groups in total. The van der Waals surface area contributed by atoms with Gasteiger partial charge >= 0.3 is 18.2 Å². The van der Waals surface area contributed by atoms with E-state index in [2.05, 4.69) is 4.74 Å². The number of esters is 1. The molecule has 9 heteroatoms. The third-order valence-corrected chi connectivity index (χ3v) is 4.26. The van der Waals surface area contributed by atoms with Crippen molar-refractivity contribution < 1.29 is 32.6 Å². The van der Waals surface area contributed by atoms with E-state index in [1.165, 1.54) is 0 Å². The number of benzene rings is 1. The molecule has 1 aliphatic rings. The van der Waals surface area contributed by atoms with Gasteiger partial charge in [-0.2, -0.15) is 13.2 Å². The summed E-state index contributed by atoms with van der Waals surface area (Å²) in [7, 11) is 1.11. The summed E-state index contributed by atoms with van der Waals surface area (Å²) in [5.74, 6) is -1.84. The van der Waals surface area contributed by atoms with Gasteiger partial charge < -0.3 is 15.6 Å². The van der Waals surface area contributed by atoms with Crippen LogP contribution in [0, 0.1) is 0 Å². The van der Waals surface area contributed by atoms with Crippen molar-refractivity contribution in [3.63, 3.8) is 0 Å². The Hall–Kier alpha value is -2.29. The van der Waals surface area contributed by atoms with Crippen LogP contribution in [0.15, 0.2) is 18.2 Å². The standard InChI is InChI=1S/C15H17F3N2O4/c1-3-14(19)7-10(12(21)24-2)9-6-8(15(16,17)18)4-5-11(9)20(14)13(22)23/h4-6,10H,3,7,19H2,1-2H3,(H,22,23)/t10-,14+/m0/s1. The lowest BCUT2D eigenvalue weighted by Crippen LogP contribution is -2.61. The molecule has 0 spiro atoms. The summed E-state index contributed by atoms with van der Waals surface area (Å²) in [6.45, 7) is 1.64. The first-order valence-electron chi connectivity index (χ1n) is 7.16. The molecular formula is C15H17F3N2O4. The average Bonchev–Trinajstić information content (AvgIpc) is 2.51. The van der Waals surface area contributed by atoms with E-state index in [0.29, 0.717) is 0 Å². The van der Waals surface area contributed by atoms with Gasteiger partial charge in [-0.1, -0.05) is 6.92 Å². The molecular weight excluding hydrogens is 329 g/mol. The molecule has 1 aliphatic heterocycles. The smallest absolute Gasteiger partial charge is 0.416 e. The summed E-state index contributed by atoms with van der Waals surface area (Å²) in [6.07, 6.45) is -6.01. The Morgan fingerprint density at radius 1 is 1.46 bits per heavy atom. The van der Waals surface area contributed by atoms with Gasteiger partial charge in [-0.05, 0) is 30.2 Å². The second-order valence-electron chi connectivity index (χ2n) is 5.63. The van der Waals surface area contributed by atoms with Gasteiger partial charge in [0.2, 0.25) is 0 Å². The average molecular weight is 346 g/mol. The topological polar surface area (TPSA) is 92.9 Å². The van der Waals surface area contributed by atoms with Gasteiger partial charge in [0.25, 0.3) is 0 Å². The number of nitrogens with two attached hydrogens (primary N) is 1. The van der Waals surface area contributed by atoms with Gasteiger partial charge in [0.15, 0.2) is 0 Å². The Labute approximate surface area is 136 Å². The van der Waals surface area contributed by atoms with Crippen LogP contribution in [0.2, 0.25) is 0 Å². The molecule has 2 atom stereocenters. The molecule has 1 amide bonds. The number of halogens is 3. The molecule has 0 aliphatic carbocycles. The van der Waals surface area contributed by atoms with E-state index in [4.69, 9.17) is 5.73 Å². The molecule has 6 nitrogen and oxygen atoms in total. The number of methoxy groups -OCH3 is 1. The fourth-order valence-corrected chi connectivity index (χ4v) is 2.96. The first-order chi connectivity index (χ1) is 11.0. The molecule has 0 saturated carbocycles. The predicted octanol–water partition coefficient (Wildman–Crippen LogP) is 2.92. The zero-order valence-electron chi connectivity index (χ0n) is 13.1. The third kappa shape index (κ3) is 2.91. The molecule has 0 bridgehead atoms. The first-order valence-corrected chi connectivity index (χ1v) is 7.16. The van der Waals surface area contributed by atoms with Gasteiger partial charge in [-0.3, -0.25) is 9.69 Å². The molecule has 0 fully saturated rings. The molecule has 0 aromatic heterocycles. The van der Waals surface area contributed by atoms with Crippen LogP contribution in [0.5, 0.6) is 0 Å². The maximum atomic E-state index is 13.0. The number of carbonyl (C=O) groups is 2. The number of ether oxygens (including phenoxy) is 1. The van der Waals surface area contributed by atoms with Crippen molar-refractivity contribution in [2.24, 2.45) is 5.73 Å². The van der Waals surface area contributed by atoms with Crippen LogP contribution in [-0.4, -0.2) is 29.9 Å². The van der Waals surface area contributed by atoms with Crippen molar-refractivity contribution in [3.8, 4) is 0 Å². The summed E-state index contributed by atoms with van der Waals surface area (Å²) in [5.41, 5.74) is 3.65. The number of nitrogens with zero attached hydrogens (tertiary/aromatic N) is 1. The minimum Gasteiger partial charge on any atom is -0.469 e. The van der Waals surface area contributed by atoms with E-state index < -0.39 is 35.4 Å². The first kappa shape index (κ1) is 18.1. The van der Waals surface area contributed by atoms with Crippen molar-refractivity contribution >= 4 is 17.7 Å². The highest BCUT2D eigenvalue weighted by Crippen LogP contribution is 2.45. The van der Waals surface area contributed by atoms with Gasteiger partial charge in [-0.25, -0.2) is 4.79 Å². The maximum absolute atomic E-state index is 13.0. The maximum Gasteiger partial charge on any atom is 0.416 e. The highest BCUT2D eigenvalue weighted by atomic mass is 19.4. The number of fused-ring (bicyclic) bond motifs is 1. The van der Waals surface area contributed by atoms with Crippen molar-refractivity contribution in [2.75, 3.05) is 12.0 Å². The molecule has 0 radical (unpaired) electrons. The van der Waals surface area contributed by atoms with Crippen LogP contribution in [0.4, 0.5) is 23.7 Å². The summed E-state index contributed by atoms with van der Waals surface area (Å²) in [5, 5.41) is 9.47. The van der Waals surface area contributed by atoms with E-state index >= 15 is 0 Å². The fourth-order valence-electron chi connectivity index (χ4n) is 2.96. The fraction of sp³-hybridized carbons (Fsp3) is 0.467. The summed E-state index contributed by atoms with van der Waals surface area (Å²) in [4.78, 5) is 24.5. The van der Waals surface area contributed by atoms with Crippen molar-refractivity contribution in [1.82, 2.24) is 0 Å².